The highest BCUT2D eigenvalue weighted by Gasteiger charge is 2.23. The maximum atomic E-state index is 12.0. The van der Waals surface area contributed by atoms with Gasteiger partial charge in [0.25, 0.3) is 0 Å². The standard InChI is InChI=1S/C13H24N2O6/c1-4-15(9-11(16)21-5-2)13(19)14-10(12(17)18)7-6-8-20-3/h10H,4-9H2,1-3H3,(H,14,19)(H,17,18). The Labute approximate surface area is 124 Å². The van der Waals surface area contributed by atoms with Crippen molar-refractivity contribution < 1.29 is 29.0 Å². The molecule has 2 N–H and O–H groups in total. The van der Waals surface area contributed by atoms with Gasteiger partial charge in [0.1, 0.15) is 12.6 Å². The van der Waals surface area contributed by atoms with E-state index in [1.807, 2.05) is 0 Å². The molecule has 0 bridgehead atoms. The number of carbonyl (C=O) groups excluding carboxylic acids is 2. The van der Waals surface area contributed by atoms with Gasteiger partial charge in [0.2, 0.25) is 0 Å². The second kappa shape index (κ2) is 10.9. The first-order valence-electron chi connectivity index (χ1n) is 6.89. The Morgan fingerprint density at radius 3 is 2.43 bits per heavy atom. The van der Waals surface area contributed by atoms with Crippen molar-refractivity contribution in [1.29, 1.82) is 0 Å². The van der Waals surface area contributed by atoms with Crippen molar-refractivity contribution in [2.24, 2.45) is 0 Å². The number of carboxylic acids is 1. The summed E-state index contributed by atoms with van der Waals surface area (Å²) < 4.78 is 9.61. The zero-order valence-electron chi connectivity index (χ0n) is 12.8. The molecule has 2 amide bonds. The third kappa shape index (κ3) is 8.13. The fourth-order valence-corrected chi connectivity index (χ4v) is 1.62. The van der Waals surface area contributed by atoms with E-state index in [0.29, 0.717) is 13.0 Å². The quantitative estimate of drug-likeness (QED) is 0.449. The summed E-state index contributed by atoms with van der Waals surface area (Å²) in [5.41, 5.74) is 0. The molecular formula is C13H24N2O6. The predicted molar refractivity (Wildman–Crippen MR) is 74.9 cm³/mol. The van der Waals surface area contributed by atoms with Crippen molar-refractivity contribution in [3.05, 3.63) is 0 Å². The van der Waals surface area contributed by atoms with Crippen LogP contribution in [0.5, 0.6) is 0 Å². The van der Waals surface area contributed by atoms with Crippen molar-refractivity contribution >= 4 is 18.0 Å². The Balaban J connectivity index is 4.48. The number of methoxy groups -OCH3 is 1. The minimum atomic E-state index is -1.12. The molecule has 0 saturated carbocycles. The molecule has 0 spiro atoms. The Bertz CT molecular complexity index is 348. The molecular weight excluding hydrogens is 280 g/mol. The number of carboxylic acid groups (broad SMARTS) is 1. The molecule has 0 saturated heterocycles. The topological polar surface area (TPSA) is 105 Å². The second-order valence-electron chi connectivity index (χ2n) is 4.29. The number of carbonyl (C=O) groups is 3. The highest BCUT2D eigenvalue weighted by atomic mass is 16.5. The molecule has 21 heavy (non-hydrogen) atoms. The maximum Gasteiger partial charge on any atom is 0.326 e. The third-order valence-electron chi connectivity index (χ3n) is 2.73. The van der Waals surface area contributed by atoms with Crippen molar-refractivity contribution in [3.63, 3.8) is 0 Å². The SMILES string of the molecule is CCOC(=O)CN(CC)C(=O)NC(CCCOC)C(=O)O. The van der Waals surface area contributed by atoms with Crippen LogP contribution >= 0.6 is 0 Å². The van der Waals surface area contributed by atoms with Crippen LogP contribution < -0.4 is 5.32 Å². The monoisotopic (exact) mass is 304 g/mol. The summed E-state index contributed by atoms with van der Waals surface area (Å²) in [4.78, 5) is 35.6. The third-order valence-corrected chi connectivity index (χ3v) is 2.73. The summed E-state index contributed by atoms with van der Waals surface area (Å²) in [6.07, 6.45) is 0.767. The average Bonchev–Trinajstić information content (AvgIpc) is 2.43. The van der Waals surface area contributed by atoms with Crippen molar-refractivity contribution in [2.45, 2.75) is 32.7 Å². The minimum absolute atomic E-state index is 0.208. The molecule has 122 valence electrons. The molecule has 0 aliphatic heterocycles. The number of rotatable bonds is 10. The highest BCUT2D eigenvalue weighted by Crippen LogP contribution is 2.01. The number of urea groups is 1. The van der Waals surface area contributed by atoms with Crippen LogP contribution in [0, 0.1) is 0 Å². The van der Waals surface area contributed by atoms with Gasteiger partial charge < -0.3 is 24.8 Å². The summed E-state index contributed by atoms with van der Waals surface area (Å²) in [7, 11) is 1.52. The van der Waals surface area contributed by atoms with Crippen LogP contribution in [0.15, 0.2) is 0 Å². The van der Waals surface area contributed by atoms with Gasteiger partial charge in [0.15, 0.2) is 0 Å². The lowest BCUT2D eigenvalue weighted by molar-refractivity contribution is -0.143. The van der Waals surface area contributed by atoms with E-state index in [-0.39, 0.29) is 26.1 Å². The Kier molecular flexibility index (Phi) is 9.95. The number of amides is 2. The maximum absolute atomic E-state index is 12.0. The molecule has 0 aliphatic rings. The number of nitrogens with zero attached hydrogens (tertiary/aromatic N) is 1. The zero-order chi connectivity index (χ0) is 16.3. The van der Waals surface area contributed by atoms with E-state index in [1.165, 1.54) is 12.0 Å². The molecule has 0 radical (unpaired) electrons. The van der Waals surface area contributed by atoms with E-state index in [1.54, 1.807) is 13.8 Å². The molecule has 1 unspecified atom stereocenters. The van der Waals surface area contributed by atoms with Gasteiger partial charge in [-0.05, 0) is 26.7 Å². The van der Waals surface area contributed by atoms with Crippen molar-refractivity contribution in [1.82, 2.24) is 10.2 Å². The van der Waals surface area contributed by atoms with Crippen LogP contribution in [0.3, 0.4) is 0 Å². The largest absolute Gasteiger partial charge is 0.480 e. The molecule has 8 nitrogen and oxygen atoms in total. The highest BCUT2D eigenvalue weighted by molar-refractivity contribution is 5.85. The average molecular weight is 304 g/mol. The molecule has 0 aromatic rings. The van der Waals surface area contributed by atoms with E-state index in [9.17, 15) is 14.4 Å². The molecule has 0 fully saturated rings. The van der Waals surface area contributed by atoms with Gasteiger partial charge in [0.05, 0.1) is 6.61 Å². The molecule has 1 atom stereocenters. The van der Waals surface area contributed by atoms with Crippen molar-refractivity contribution in [3.8, 4) is 0 Å². The fourth-order valence-electron chi connectivity index (χ4n) is 1.62. The Hall–Kier alpha value is -1.83. The molecule has 0 heterocycles. The summed E-state index contributed by atoms with van der Waals surface area (Å²) in [6.45, 7) is 4.08. The van der Waals surface area contributed by atoms with Gasteiger partial charge >= 0.3 is 18.0 Å². The predicted octanol–water partition coefficient (Wildman–Crippen LogP) is 0.461. The smallest absolute Gasteiger partial charge is 0.326 e. The lowest BCUT2D eigenvalue weighted by Gasteiger charge is -2.23. The molecule has 0 rings (SSSR count). The number of aliphatic carboxylic acids is 1. The van der Waals surface area contributed by atoms with Crippen molar-refractivity contribution in [2.75, 3.05) is 33.4 Å². The first-order chi connectivity index (χ1) is 9.96. The zero-order valence-corrected chi connectivity index (χ0v) is 12.8. The summed E-state index contributed by atoms with van der Waals surface area (Å²) in [5.74, 6) is -1.65. The first kappa shape index (κ1) is 19.2. The van der Waals surface area contributed by atoms with Gasteiger partial charge in [-0.1, -0.05) is 0 Å². The van der Waals surface area contributed by atoms with Crippen LogP contribution in [-0.4, -0.2) is 67.4 Å². The number of ether oxygens (including phenoxy) is 2. The lowest BCUT2D eigenvalue weighted by atomic mass is 10.1. The van der Waals surface area contributed by atoms with Gasteiger partial charge in [-0.3, -0.25) is 4.79 Å². The first-order valence-corrected chi connectivity index (χ1v) is 6.89. The van der Waals surface area contributed by atoms with Crippen LogP contribution in [-0.2, 0) is 19.1 Å². The Morgan fingerprint density at radius 2 is 1.95 bits per heavy atom. The molecule has 8 heteroatoms. The fraction of sp³-hybridized carbons (Fsp3) is 0.769. The lowest BCUT2D eigenvalue weighted by Crippen LogP contribution is -2.49. The summed E-state index contributed by atoms with van der Waals surface area (Å²) >= 11 is 0. The number of likely N-dealkylation sites (N-methyl/N-ethyl adjacent to an activating group) is 1. The number of nitrogens with one attached hydrogen (secondary N) is 1. The van der Waals surface area contributed by atoms with Crippen LogP contribution in [0.4, 0.5) is 4.79 Å². The van der Waals surface area contributed by atoms with Crippen LogP contribution in [0.1, 0.15) is 26.7 Å². The van der Waals surface area contributed by atoms with E-state index in [2.05, 4.69) is 5.32 Å². The second-order valence-corrected chi connectivity index (χ2v) is 4.29. The number of esters is 1. The van der Waals surface area contributed by atoms with E-state index in [4.69, 9.17) is 14.6 Å². The summed E-state index contributed by atoms with van der Waals surface area (Å²) in [6, 6.07) is -1.61. The van der Waals surface area contributed by atoms with Gasteiger partial charge in [0, 0.05) is 20.3 Å². The number of hydrogen-bond acceptors (Lipinski definition) is 5. The molecule has 0 aromatic heterocycles. The summed E-state index contributed by atoms with van der Waals surface area (Å²) in [5, 5.41) is 11.5. The van der Waals surface area contributed by atoms with E-state index >= 15 is 0 Å². The van der Waals surface area contributed by atoms with Gasteiger partial charge in [-0.15, -0.1) is 0 Å². The molecule has 0 aromatic carbocycles. The number of hydrogen-bond donors (Lipinski definition) is 2. The normalized spacial score (nSPS) is 11.6. The minimum Gasteiger partial charge on any atom is -0.480 e. The van der Waals surface area contributed by atoms with E-state index < -0.39 is 24.0 Å². The van der Waals surface area contributed by atoms with Crippen LogP contribution in [0.2, 0.25) is 0 Å². The van der Waals surface area contributed by atoms with E-state index in [0.717, 1.165) is 0 Å². The Morgan fingerprint density at radius 1 is 1.29 bits per heavy atom. The van der Waals surface area contributed by atoms with Gasteiger partial charge in [-0.25, -0.2) is 9.59 Å². The van der Waals surface area contributed by atoms with Gasteiger partial charge in [-0.2, -0.15) is 0 Å². The van der Waals surface area contributed by atoms with Crippen LogP contribution in [0.25, 0.3) is 0 Å². The molecule has 0 aliphatic carbocycles.